The molecule has 0 aromatic heterocycles. The lowest BCUT2D eigenvalue weighted by molar-refractivity contribution is -0.138. The van der Waals surface area contributed by atoms with Crippen LogP contribution in [0.2, 0.25) is 0 Å². The van der Waals surface area contributed by atoms with Crippen molar-refractivity contribution >= 4 is 65.4 Å². The summed E-state index contributed by atoms with van der Waals surface area (Å²) in [5.41, 5.74) is 0.00828. The average Bonchev–Trinajstić information content (AvgIpc) is 0.799. The van der Waals surface area contributed by atoms with Crippen LogP contribution in [-0.4, -0.2) is 0 Å². The second-order valence-electron chi connectivity index (χ2n) is 30.6. The van der Waals surface area contributed by atoms with Gasteiger partial charge >= 0.3 is 18.5 Å². The van der Waals surface area contributed by atoms with Gasteiger partial charge in [0.05, 0.1) is 71.2 Å². The van der Waals surface area contributed by atoms with Gasteiger partial charge in [-0.15, -0.1) is 0 Å². The summed E-state index contributed by atoms with van der Waals surface area (Å²) in [6.07, 6.45) is -13.2. The highest BCUT2D eigenvalue weighted by atomic mass is 32.2. The third kappa shape index (κ3) is 29.6. The first kappa shape index (κ1) is 106. The molecule has 18 aromatic carbocycles. The summed E-state index contributed by atoms with van der Waals surface area (Å²) >= 11 is 0. The van der Waals surface area contributed by atoms with Gasteiger partial charge in [0.1, 0.15) is 86.5 Å². The number of halogens is 23. The SMILES string of the molecule is Cc1ccc([S+](c2ccc(C(F)(F)F)cc2)c2ccc(C(F)(F)F)cc2)cc1.Cc1ccc([S+](c2ccccc2)c2ccc(C(F)(F)F)cc2)cc1.Fc1cc(F)cc([S+](c2cc(F)cc(F)c2)c2cc(F)cc(F)c2)c1.Fc1cc(F)cc([S+](c2ccccc2)c2cc(F)cc(F)c2)c1.Fc1cc(F)cc([S+](c2ccccc2)c2ccccc2)c1.Fc1ccc([S+](c2ccccc2)c2ccccc2)c(F)c1. The lowest BCUT2D eigenvalue weighted by Crippen LogP contribution is -2.09. The Balaban J connectivity index is 0.000000143. The van der Waals surface area contributed by atoms with Crippen LogP contribution in [0.4, 0.5) is 101 Å². The van der Waals surface area contributed by atoms with Crippen molar-refractivity contribution in [3.05, 3.63) is 540 Å². The normalized spacial score (nSPS) is 11.6. The molecule has 720 valence electrons. The standard InChI is InChI=1S/C21H15F6S.C20H16F3S.C18H9F6S.C18H11F4S.2C18H13F2S/c1-14-2-8-17(9-3-14)28(18-10-4-15(5-11-18)20(22,23)24)19-12-6-16(7-13-19)21(25,26)27;1-15-7-11-18(12-8-15)24(17-5-3-2-4-6-17)19-13-9-16(10-14-19)20(21,22)23;19-10-1-11(20)5-16(4-10)25(17-6-12(21)2-13(22)7-17)18-8-14(23)3-15(24)9-18;19-12-6-13(20)9-17(8-12)23(16-4-2-1-3-5-16)18-10-14(21)7-15(22)11-18;19-14-11-15(20)13-18(12-14)21(16-7-3-1-4-8-16)17-9-5-2-6-10-17;19-14-11-12-18(17(20)13-14)21(15-7-3-1-4-8-15)16-9-5-2-6-10-16/h2-13H,1H3;2-14H,1H3;1-9H;1-11H;2*1-13H/q6*+1. The number of hydrogen-bond donors (Lipinski definition) is 0. The molecule has 18 rings (SSSR count). The maximum Gasteiger partial charge on any atom is 0.416 e. The Morgan fingerprint density at radius 2 is 0.296 bits per heavy atom. The van der Waals surface area contributed by atoms with Gasteiger partial charge in [-0.25, -0.2) is 61.5 Å². The van der Waals surface area contributed by atoms with Crippen molar-refractivity contribution in [1.82, 2.24) is 0 Å². The van der Waals surface area contributed by atoms with E-state index in [2.05, 4.69) is 0 Å². The summed E-state index contributed by atoms with van der Waals surface area (Å²) in [5.74, 6) is -10.6. The fraction of sp³-hybridized carbons (Fsp3) is 0.0442. The summed E-state index contributed by atoms with van der Waals surface area (Å²) in [6.45, 7) is 3.92. The monoisotopic (exact) mass is 2060 g/mol. The third-order valence-electron chi connectivity index (χ3n) is 20.2. The second-order valence-corrected chi connectivity index (χ2v) is 42.7. The molecule has 0 saturated carbocycles. The molecule has 0 spiro atoms. The van der Waals surface area contributed by atoms with E-state index in [-0.39, 0.29) is 14.7 Å². The average molecular weight is 2060 g/mol. The van der Waals surface area contributed by atoms with Crippen LogP contribution < -0.4 is 0 Å². The fourth-order valence-corrected chi connectivity index (χ4v) is 26.7. The quantitative estimate of drug-likeness (QED) is 0.0593. The number of benzene rings is 18. The van der Waals surface area contributed by atoms with E-state index in [4.69, 9.17) is 0 Å². The van der Waals surface area contributed by atoms with Crippen LogP contribution in [0.25, 0.3) is 0 Å². The van der Waals surface area contributed by atoms with E-state index < -0.39 is 182 Å². The molecule has 0 aliphatic heterocycles. The molecular formula is C113H77F23S6+6. The fourth-order valence-electron chi connectivity index (χ4n) is 14.0. The molecule has 0 bridgehead atoms. The van der Waals surface area contributed by atoms with Crippen LogP contribution in [0.3, 0.4) is 0 Å². The lowest BCUT2D eigenvalue weighted by Gasteiger charge is -2.11. The molecule has 0 aliphatic rings. The summed E-state index contributed by atoms with van der Waals surface area (Å²) in [7, 11) is -4.88. The molecule has 29 heteroatoms. The maximum absolute atomic E-state index is 14.2. The van der Waals surface area contributed by atoms with E-state index in [0.29, 0.717) is 52.5 Å². The third-order valence-corrected chi connectivity index (χ3v) is 33.4. The summed E-state index contributed by atoms with van der Waals surface area (Å²) in [6, 6.07) is 110. The van der Waals surface area contributed by atoms with E-state index in [1.54, 1.807) is 42.5 Å². The van der Waals surface area contributed by atoms with Gasteiger partial charge in [-0.3, -0.25) is 0 Å². The van der Waals surface area contributed by atoms with E-state index in [1.807, 2.05) is 214 Å². The summed E-state index contributed by atoms with van der Waals surface area (Å²) in [4.78, 5) is 11.6. The molecule has 0 fully saturated rings. The minimum absolute atomic E-state index is 0.00694. The first-order valence-electron chi connectivity index (χ1n) is 42.5. The number of hydrogen-bond acceptors (Lipinski definition) is 0. The van der Waals surface area contributed by atoms with E-state index in [1.165, 1.54) is 72.8 Å². The molecule has 0 saturated heterocycles. The Morgan fingerprint density at radius 1 is 0.141 bits per heavy atom. The molecule has 18 aromatic rings. The van der Waals surface area contributed by atoms with E-state index >= 15 is 0 Å². The molecule has 1 unspecified atom stereocenters. The van der Waals surface area contributed by atoms with Crippen molar-refractivity contribution in [3.63, 3.8) is 0 Å². The topological polar surface area (TPSA) is 0 Å². The summed E-state index contributed by atoms with van der Waals surface area (Å²) in [5, 5.41) is 0. The van der Waals surface area contributed by atoms with Crippen LogP contribution >= 0.6 is 0 Å². The Morgan fingerprint density at radius 3 is 0.479 bits per heavy atom. The Labute approximate surface area is 821 Å². The van der Waals surface area contributed by atoms with Crippen LogP contribution in [0.1, 0.15) is 27.8 Å². The molecule has 0 nitrogen and oxygen atoms in total. The maximum atomic E-state index is 14.2. The van der Waals surface area contributed by atoms with Gasteiger partial charge in [-0.1, -0.05) is 145 Å². The number of rotatable bonds is 18. The van der Waals surface area contributed by atoms with Crippen LogP contribution in [0.5, 0.6) is 0 Å². The minimum Gasteiger partial charge on any atom is -0.207 e. The highest BCUT2D eigenvalue weighted by molar-refractivity contribution is 7.98. The number of alkyl halides is 9. The number of aryl methyl sites for hydroxylation is 2. The highest BCUT2D eigenvalue weighted by Crippen LogP contribution is 2.43. The Hall–Kier alpha value is -13.6. The first-order valence-corrected chi connectivity index (χ1v) is 49.8. The molecule has 1 atom stereocenters. The van der Waals surface area contributed by atoms with Crippen molar-refractivity contribution in [3.8, 4) is 0 Å². The van der Waals surface area contributed by atoms with E-state index in [0.717, 1.165) is 147 Å². The molecule has 142 heavy (non-hydrogen) atoms. The van der Waals surface area contributed by atoms with Gasteiger partial charge in [0.15, 0.2) is 89.0 Å². The van der Waals surface area contributed by atoms with Crippen LogP contribution in [0.15, 0.2) is 519 Å². The predicted octanol–water partition coefficient (Wildman–Crippen LogP) is 34.3. The molecule has 0 aliphatic carbocycles. The van der Waals surface area contributed by atoms with Gasteiger partial charge < -0.3 is 0 Å². The molecule has 0 N–H and O–H groups in total. The zero-order valence-corrected chi connectivity index (χ0v) is 79.0. The summed E-state index contributed by atoms with van der Waals surface area (Å²) < 4.78 is 306. The largest absolute Gasteiger partial charge is 0.416 e. The van der Waals surface area contributed by atoms with Crippen LogP contribution in [0, 0.1) is 95.3 Å². The van der Waals surface area contributed by atoms with Crippen molar-refractivity contribution in [2.24, 2.45) is 0 Å². The molecule has 0 radical (unpaired) electrons. The minimum atomic E-state index is -4.45. The zero-order chi connectivity index (χ0) is 102. The first-order chi connectivity index (χ1) is 67.8. The molecule has 0 heterocycles. The predicted molar refractivity (Wildman–Crippen MR) is 513 cm³/mol. The van der Waals surface area contributed by atoms with Gasteiger partial charge in [0.2, 0.25) is 4.90 Å². The lowest BCUT2D eigenvalue weighted by atomic mass is 10.2. The van der Waals surface area contributed by atoms with Crippen molar-refractivity contribution in [1.29, 1.82) is 0 Å². The van der Waals surface area contributed by atoms with Crippen molar-refractivity contribution in [2.75, 3.05) is 0 Å². The van der Waals surface area contributed by atoms with Crippen molar-refractivity contribution in [2.45, 2.75) is 120 Å². The van der Waals surface area contributed by atoms with Crippen LogP contribution in [-0.2, 0) is 83.9 Å². The Kier molecular flexibility index (Phi) is 36.3. The highest BCUT2D eigenvalue weighted by Gasteiger charge is 2.40. The van der Waals surface area contributed by atoms with Gasteiger partial charge in [0.25, 0.3) is 0 Å². The van der Waals surface area contributed by atoms with Crippen molar-refractivity contribution < 1.29 is 101 Å². The molecular weight excluding hydrogens is 1990 g/mol. The molecule has 0 amide bonds. The smallest absolute Gasteiger partial charge is 0.207 e. The van der Waals surface area contributed by atoms with Gasteiger partial charge in [0, 0.05) is 121 Å². The van der Waals surface area contributed by atoms with Gasteiger partial charge in [-0.05, 0) is 190 Å². The second kappa shape index (κ2) is 48.8. The van der Waals surface area contributed by atoms with E-state index in [9.17, 15) is 101 Å². The zero-order valence-electron chi connectivity index (χ0n) is 74.1. The Bertz CT molecular complexity index is 6730. The van der Waals surface area contributed by atoms with Gasteiger partial charge in [-0.2, -0.15) is 39.5 Å².